The molecule has 474 valence electrons. The molecule has 1 aromatic carbocycles. The van der Waals surface area contributed by atoms with Crippen molar-refractivity contribution >= 4 is 65.0 Å². The highest BCUT2D eigenvalue weighted by Gasteiger charge is 2.60. The molecule has 1 aromatic rings. The van der Waals surface area contributed by atoms with E-state index in [1.165, 1.54) is 6.92 Å². The molecular weight excluding hydrogens is 1100 g/mol. The Labute approximate surface area is 498 Å². The minimum atomic E-state index is -1.76. The first-order valence-electron chi connectivity index (χ1n) is 29.4. The number of aliphatic hydroxyl groups excluding tert-OH is 2. The van der Waals surface area contributed by atoms with Gasteiger partial charge in [-0.2, -0.15) is 0 Å². The average molecular weight is 1200 g/mol. The molecule has 1 spiro atoms. The predicted molar refractivity (Wildman–Crippen MR) is 315 cm³/mol. The van der Waals surface area contributed by atoms with Gasteiger partial charge in [-0.1, -0.05) is 124 Å². The summed E-state index contributed by atoms with van der Waals surface area (Å²) in [5, 5.41) is 50.5. The van der Waals surface area contributed by atoms with Crippen LogP contribution in [-0.4, -0.2) is 168 Å². The summed E-state index contributed by atoms with van der Waals surface area (Å²) in [6.45, 7) is 22.6. The fourth-order valence-corrected chi connectivity index (χ4v) is 9.50. The summed E-state index contributed by atoms with van der Waals surface area (Å²) in [6.07, 6.45) is 1.48. The van der Waals surface area contributed by atoms with Crippen molar-refractivity contribution in [3.05, 3.63) is 60.8 Å². The third-order valence-corrected chi connectivity index (χ3v) is 16.3. The van der Waals surface area contributed by atoms with Crippen LogP contribution in [0, 0.1) is 29.6 Å². The highest BCUT2D eigenvalue weighted by atomic mass is 16.5. The number of amides is 10. The van der Waals surface area contributed by atoms with Crippen LogP contribution in [0.15, 0.2) is 55.3 Å². The average Bonchev–Trinajstić information content (AvgIpc) is 2.26. The minimum Gasteiger partial charge on any atom is -0.458 e. The van der Waals surface area contributed by atoms with Gasteiger partial charge in [0.25, 0.3) is 0 Å². The highest BCUT2D eigenvalue weighted by Crippen LogP contribution is 2.45. The van der Waals surface area contributed by atoms with E-state index in [2.05, 4.69) is 71.6 Å². The minimum absolute atomic E-state index is 0.239. The molecule has 2 fully saturated rings. The number of cyclic esters (lactones) is 1. The Kier molecular flexibility index (Phi) is 28.6. The van der Waals surface area contributed by atoms with Crippen molar-refractivity contribution in [2.75, 3.05) is 20.3 Å². The largest absolute Gasteiger partial charge is 0.458 e. The maximum atomic E-state index is 14.4. The lowest BCUT2D eigenvalue weighted by molar-refractivity contribution is -0.157. The second-order valence-electron chi connectivity index (χ2n) is 22.6. The van der Waals surface area contributed by atoms with E-state index in [1.807, 2.05) is 37.3 Å². The Bertz CT molecular complexity index is 2540. The van der Waals surface area contributed by atoms with Gasteiger partial charge in [-0.3, -0.25) is 47.9 Å². The third kappa shape index (κ3) is 20.1. The van der Waals surface area contributed by atoms with Crippen LogP contribution in [0.3, 0.4) is 0 Å². The smallest absolute Gasteiger partial charge is 0.329 e. The Balaban J connectivity index is 1.85. The highest BCUT2D eigenvalue weighted by molar-refractivity contribution is 5.99. The number of nitrogens with one attached hydrogen (secondary N) is 11. The van der Waals surface area contributed by atoms with Gasteiger partial charge < -0.3 is 79.2 Å². The van der Waals surface area contributed by atoms with Crippen LogP contribution < -0.4 is 64.2 Å². The molecule has 1 saturated carbocycles. The lowest BCUT2D eigenvalue weighted by atomic mass is 9.94. The second kappa shape index (κ2) is 33.9. The number of hydrogen-bond acceptors (Lipinski definition) is 16. The molecular formula is C59H94N12O14. The number of carbonyl (C=O) groups is 11. The molecule has 3 rings (SSSR count). The zero-order valence-electron chi connectivity index (χ0n) is 51.1. The molecule has 10 amide bonds. The van der Waals surface area contributed by atoms with Crippen molar-refractivity contribution in [2.24, 2.45) is 35.3 Å². The van der Waals surface area contributed by atoms with Gasteiger partial charge in [-0.15, -0.1) is 6.58 Å². The van der Waals surface area contributed by atoms with Gasteiger partial charge in [0.1, 0.15) is 60.0 Å². The normalized spacial score (nSPS) is 23.7. The Morgan fingerprint density at radius 1 is 0.694 bits per heavy atom. The summed E-state index contributed by atoms with van der Waals surface area (Å²) in [6, 6.07) is -4.19. The zero-order valence-corrected chi connectivity index (χ0v) is 51.1. The number of aliphatic hydroxyl groups is 2. The molecule has 1 aliphatic carbocycles. The first-order valence-corrected chi connectivity index (χ1v) is 29.4. The second-order valence-corrected chi connectivity index (χ2v) is 22.6. The van der Waals surface area contributed by atoms with E-state index < -0.39 is 187 Å². The van der Waals surface area contributed by atoms with Crippen LogP contribution in [0.2, 0.25) is 0 Å². The number of hydrogen-bond donors (Lipinski definition) is 14. The fraction of sp³-hybridized carbons (Fsp3) is 0.644. The van der Waals surface area contributed by atoms with Gasteiger partial charge in [0.15, 0.2) is 0 Å². The van der Waals surface area contributed by atoms with E-state index in [-0.39, 0.29) is 24.5 Å². The first kappa shape index (κ1) is 71.8. The van der Waals surface area contributed by atoms with Crippen LogP contribution in [0.5, 0.6) is 0 Å². The molecule has 1 heterocycles. The summed E-state index contributed by atoms with van der Waals surface area (Å²) in [7, 11) is 1.60. The molecule has 17 atom stereocenters. The number of nitrogens with two attached hydrogens (primary N) is 1. The van der Waals surface area contributed by atoms with Gasteiger partial charge in [0.05, 0.1) is 25.3 Å². The van der Waals surface area contributed by atoms with Crippen molar-refractivity contribution in [3.8, 4) is 0 Å². The Morgan fingerprint density at radius 2 is 1.16 bits per heavy atom. The van der Waals surface area contributed by atoms with Crippen molar-refractivity contribution in [1.29, 1.82) is 0 Å². The number of ether oxygens (including phenoxy) is 1. The SMILES string of the molecule is C=C[C@H]1C[C@]12NC(=C)[C@H](C)NC(=O)[C@H](NC(=O)[C@H](CO)NC(=O)[C@@H](NC(=O)[C@H](NC(=O)[C@@H](CCC(N)=O)NC(=O)[C@H](CO)NC(=O)[C@@H](NC(=O)[C@@H](Cc1ccccc1)NC)[C@@H](C)CC)[C@@H](C)CC)[C@@H](C)CC)[C@H](C)OC(=O)[C@H]([C@@H](C)CC)NC2=O. The molecule has 15 N–H and O–H groups in total. The lowest BCUT2D eigenvalue weighted by Gasteiger charge is -2.31. The van der Waals surface area contributed by atoms with Crippen molar-refractivity contribution in [1.82, 2.24) is 58.5 Å². The molecule has 26 heteroatoms. The van der Waals surface area contributed by atoms with Crippen molar-refractivity contribution in [3.63, 3.8) is 0 Å². The number of primary amides is 1. The van der Waals surface area contributed by atoms with Gasteiger partial charge in [-0.05, 0) is 69.4 Å². The third-order valence-electron chi connectivity index (χ3n) is 16.3. The quantitative estimate of drug-likeness (QED) is 0.0301. The van der Waals surface area contributed by atoms with Gasteiger partial charge in [0.2, 0.25) is 59.1 Å². The van der Waals surface area contributed by atoms with Crippen molar-refractivity contribution < 1.29 is 67.7 Å². The van der Waals surface area contributed by atoms with E-state index in [4.69, 9.17) is 10.5 Å². The van der Waals surface area contributed by atoms with Crippen LogP contribution in [0.25, 0.3) is 0 Å². The fourth-order valence-electron chi connectivity index (χ4n) is 9.50. The molecule has 1 aliphatic heterocycles. The van der Waals surface area contributed by atoms with Crippen LogP contribution in [0.4, 0.5) is 0 Å². The van der Waals surface area contributed by atoms with E-state index in [1.54, 1.807) is 68.5 Å². The maximum absolute atomic E-state index is 14.4. The van der Waals surface area contributed by atoms with E-state index in [0.29, 0.717) is 25.7 Å². The summed E-state index contributed by atoms with van der Waals surface area (Å²) >= 11 is 0. The number of benzene rings is 1. The lowest BCUT2D eigenvalue weighted by Crippen LogP contribution is -2.63. The Morgan fingerprint density at radius 3 is 1.62 bits per heavy atom. The predicted octanol–water partition coefficient (Wildman–Crippen LogP) is -1.37. The van der Waals surface area contributed by atoms with Gasteiger partial charge >= 0.3 is 5.97 Å². The first-order chi connectivity index (χ1) is 40.1. The van der Waals surface area contributed by atoms with Crippen LogP contribution in [-0.2, 0) is 63.9 Å². The Hall–Kier alpha value is -7.45. The molecule has 85 heavy (non-hydrogen) atoms. The molecule has 0 bridgehead atoms. The molecule has 1 saturated heterocycles. The molecule has 2 aliphatic rings. The summed E-state index contributed by atoms with van der Waals surface area (Å²) in [5.74, 6) is -11.8. The van der Waals surface area contributed by atoms with Crippen LogP contribution >= 0.6 is 0 Å². The monoisotopic (exact) mass is 1190 g/mol. The molecule has 0 radical (unpaired) electrons. The van der Waals surface area contributed by atoms with Gasteiger partial charge in [0, 0.05) is 18.0 Å². The van der Waals surface area contributed by atoms with E-state index >= 15 is 0 Å². The standard InChI is InChI=1S/C59H94N12O14/c1-14-30(6)44(67-50(76)40(61-13)26-37-22-20-19-21-23-37)53(79)64-41(28-72)51(77)63-39(24-25-43(60)74)49(75)66-46(32(8)16-3)55(81)68-45(31(7)15-2)54(80)65-42(29-73)52(78)69-48-36(12)85-57(83)47(33(9)17-4)70-58(84)59(27-38(59)18-5)71-35(11)34(10)62-56(48)82/h18-23,30-34,36,38-42,44-48,61,71-73H,5,11,14-17,24-29H2,1-4,6-10,12-13H3,(H2,60,74)(H,62,82)(H,63,77)(H,64,79)(H,65,80)(H,66,75)(H,67,76)(H,68,81)(H,69,78)(H,70,84)/t30-,31-,32-,33-,34-,36-,38-,39+,40+,41-,42-,44-,45-,46+,47-,48+,59-/m0/s1. The molecule has 0 aromatic heterocycles. The summed E-state index contributed by atoms with van der Waals surface area (Å²) in [4.78, 5) is 152. The number of likely N-dealkylation sites (N-methyl/N-ethyl adjacent to an activating group) is 1. The molecule has 26 nitrogen and oxygen atoms in total. The van der Waals surface area contributed by atoms with Crippen LogP contribution in [0.1, 0.15) is 120 Å². The number of carbonyl (C=O) groups excluding carboxylic acids is 11. The molecule has 0 unspecified atom stereocenters. The van der Waals surface area contributed by atoms with E-state index in [0.717, 1.165) is 5.56 Å². The maximum Gasteiger partial charge on any atom is 0.329 e. The summed E-state index contributed by atoms with van der Waals surface area (Å²) < 4.78 is 5.78. The number of rotatable bonds is 31. The topological polar surface area (TPSA) is 396 Å². The zero-order chi connectivity index (χ0) is 64.0. The van der Waals surface area contributed by atoms with E-state index in [9.17, 15) is 63.0 Å². The summed E-state index contributed by atoms with van der Waals surface area (Å²) in [5.41, 5.74) is 5.35. The van der Waals surface area contributed by atoms with Crippen molar-refractivity contribution in [2.45, 2.75) is 193 Å². The number of esters is 1. The van der Waals surface area contributed by atoms with Gasteiger partial charge in [-0.25, -0.2) is 4.79 Å².